The highest BCUT2D eigenvalue weighted by atomic mass is 16.7. The summed E-state index contributed by atoms with van der Waals surface area (Å²) < 4.78 is 22.8. The first kappa shape index (κ1) is 71.5. The van der Waals surface area contributed by atoms with Crippen LogP contribution in [0.2, 0.25) is 0 Å². The molecule has 0 aliphatic carbocycles. The van der Waals surface area contributed by atoms with E-state index in [1.54, 1.807) is 6.08 Å². The van der Waals surface area contributed by atoms with Crippen LogP contribution in [0.25, 0.3) is 0 Å². The van der Waals surface area contributed by atoms with Gasteiger partial charge in [-0.2, -0.15) is 0 Å². The zero-order chi connectivity index (χ0) is 56.7. The highest BCUT2D eigenvalue weighted by molar-refractivity contribution is 5.76. The second kappa shape index (κ2) is 49.1. The van der Waals surface area contributed by atoms with Gasteiger partial charge in [-0.05, 0) is 83.5 Å². The largest absolute Gasteiger partial charge is 0.394 e. The molecular weight excluding hydrogens is 991 g/mol. The van der Waals surface area contributed by atoms with Crippen LogP contribution in [-0.4, -0.2) is 140 Å². The van der Waals surface area contributed by atoms with Crippen LogP contribution in [-0.2, 0) is 23.7 Å². The predicted molar refractivity (Wildman–Crippen MR) is 313 cm³/mol. The third-order valence-corrected chi connectivity index (χ3v) is 14.8. The van der Waals surface area contributed by atoms with Crippen LogP contribution in [0.5, 0.6) is 0 Å². The molecule has 2 rings (SSSR count). The molecule has 0 bridgehead atoms. The van der Waals surface area contributed by atoms with Gasteiger partial charge in [-0.25, -0.2) is 0 Å². The highest BCUT2D eigenvalue weighted by Gasteiger charge is 2.51. The highest BCUT2D eigenvalue weighted by Crippen LogP contribution is 2.30. The number of hydrogen-bond donors (Lipinski definition) is 9. The van der Waals surface area contributed by atoms with E-state index in [1.807, 2.05) is 6.08 Å². The molecule has 0 aromatic rings. The number of carbonyl (C=O) groups excluding carboxylic acids is 1. The third kappa shape index (κ3) is 34.0. The zero-order valence-electron chi connectivity index (χ0n) is 48.6. The number of aliphatic hydroxyl groups is 8. The molecule has 9 N–H and O–H groups in total. The second-order valence-corrected chi connectivity index (χ2v) is 21.8. The monoisotopic (exact) mass is 1100 g/mol. The van der Waals surface area contributed by atoms with E-state index < -0.39 is 86.8 Å². The summed E-state index contributed by atoms with van der Waals surface area (Å²) in [6.45, 7) is 2.74. The molecule has 1 amide bonds. The van der Waals surface area contributed by atoms with Crippen LogP contribution < -0.4 is 5.32 Å². The summed E-state index contributed by atoms with van der Waals surface area (Å²) in [5.74, 6) is -0.267. The van der Waals surface area contributed by atoms with Crippen molar-refractivity contribution in [1.29, 1.82) is 0 Å². The fraction of sp³-hybridized carbons (Fsp3) is 0.797. The Morgan fingerprint density at radius 1 is 0.462 bits per heavy atom. The number of carbonyl (C=O) groups is 1. The number of ether oxygens (including phenoxy) is 4. The van der Waals surface area contributed by atoms with Crippen molar-refractivity contribution in [3.63, 3.8) is 0 Å². The van der Waals surface area contributed by atoms with Gasteiger partial charge in [0.15, 0.2) is 12.6 Å². The molecule has 0 aromatic heterocycles. The summed E-state index contributed by atoms with van der Waals surface area (Å²) in [6, 6.07) is -0.949. The van der Waals surface area contributed by atoms with Gasteiger partial charge in [-0.3, -0.25) is 4.79 Å². The molecule has 0 aromatic carbocycles. The summed E-state index contributed by atoms with van der Waals surface area (Å²) in [4.78, 5) is 13.3. The number of hydrogen-bond acceptors (Lipinski definition) is 13. The van der Waals surface area contributed by atoms with Gasteiger partial charge in [-0.1, -0.05) is 215 Å². The molecule has 2 saturated heterocycles. The van der Waals surface area contributed by atoms with Gasteiger partial charge >= 0.3 is 0 Å². The number of aliphatic hydroxyl groups excluding tert-OH is 8. The fourth-order valence-corrected chi connectivity index (χ4v) is 9.80. The van der Waals surface area contributed by atoms with E-state index in [0.29, 0.717) is 12.8 Å². The lowest BCUT2D eigenvalue weighted by molar-refractivity contribution is -0.359. The maximum Gasteiger partial charge on any atom is 0.220 e. The average Bonchev–Trinajstić information content (AvgIpc) is 3.48. The maximum atomic E-state index is 13.3. The average molecular weight is 1100 g/mol. The molecule has 2 aliphatic heterocycles. The SMILES string of the molecule is CCCCC/C=C\C/C=C\C/C=C\CCCCCCCCC(=O)NC(COC1OC(CO)C(OC2OC(CO)C(O)C(O)C2O)C(O)C1O)C(O)/C=C/CC/C=C/CC/C=C/CCCCCCCCCCCCCCCCC. The second-order valence-electron chi connectivity index (χ2n) is 21.8. The first-order valence-corrected chi connectivity index (χ1v) is 31.2. The van der Waals surface area contributed by atoms with Crippen molar-refractivity contribution in [2.45, 2.75) is 306 Å². The van der Waals surface area contributed by atoms with Crippen LogP contribution in [0.15, 0.2) is 72.9 Å². The Kier molecular flexibility index (Phi) is 45.0. The Morgan fingerprint density at radius 3 is 1.37 bits per heavy atom. The normalized spacial score (nSPS) is 25.1. The molecule has 14 nitrogen and oxygen atoms in total. The van der Waals surface area contributed by atoms with Gasteiger partial charge in [0.05, 0.1) is 32.0 Å². The minimum Gasteiger partial charge on any atom is -0.394 e. The van der Waals surface area contributed by atoms with Gasteiger partial charge in [0, 0.05) is 6.42 Å². The zero-order valence-corrected chi connectivity index (χ0v) is 48.6. The van der Waals surface area contributed by atoms with E-state index in [-0.39, 0.29) is 18.9 Å². The summed E-state index contributed by atoms with van der Waals surface area (Å²) in [5.41, 5.74) is 0. The number of rotatable bonds is 49. The molecule has 2 aliphatic rings. The lowest BCUT2D eigenvalue weighted by atomic mass is 9.97. The van der Waals surface area contributed by atoms with E-state index >= 15 is 0 Å². The summed E-state index contributed by atoms with van der Waals surface area (Å²) >= 11 is 0. The standard InChI is InChI=1S/C64H113NO13/c1-3-5-7-9-11-13-15-17-19-21-23-24-25-26-27-28-30-31-33-35-37-39-41-43-45-47-53(68)52(65-56(69)48-46-44-42-40-38-36-34-32-29-22-20-18-16-14-12-10-8-6-4-2)51-75-63-61(74)59(72)62(55(50-67)77-63)78-64-60(73)58(71)57(70)54(49-66)76-64/h12,14,18,20,29-32,37,39,45,47,52-55,57-64,66-68,70-74H,3-11,13,15-17,19,21-28,33-36,38,40-44,46,48-51H2,1-2H3,(H,65,69)/b14-12-,20-18-,31-30+,32-29-,39-37+,47-45+. The molecule has 0 saturated carbocycles. The number of nitrogens with one attached hydrogen (secondary N) is 1. The van der Waals surface area contributed by atoms with Crippen molar-refractivity contribution in [2.75, 3.05) is 19.8 Å². The Balaban J connectivity index is 1.78. The fourth-order valence-electron chi connectivity index (χ4n) is 9.80. The molecule has 0 radical (unpaired) electrons. The number of allylic oxidation sites excluding steroid dienone is 11. The Bertz CT molecular complexity index is 1580. The Morgan fingerprint density at radius 2 is 0.859 bits per heavy atom. The summed E-state index contributed by atoms with van der Waals surface area (Å²) in [7, 11) is 0. The molecule has 0 spiro atoms. The van der Waals surface area contributed by atoms with Crippen LogP contribution in [0.3, 0.4) is 0 Å². The molecule has 452 valence electrons. The molecule has 2 heterocycles. The van der Waals surface area contributed by atoms with Crippen molar-refractivity contribution in [3.05, 3.63) is 72.9 Å². The lowest BCUT2D eigenvalue weighted by Crippen LogP contribution is -2.65. The van der Waals surface area contributed by atoms with E-state index in [4.69, 9.17) is 18.9 Å². The van der Waals surface area contributed by atoms with E-state index in [2.05, 4.69) is 79.9 Å². The number of amides is 1. The Labute approximate surface area is 472 Å². The minimum atomic E-state index is -1.80. The van der Waals surface area contributed by atoms with Crippen LogP contribution >= 0.6 is 0 Å². The van der Waals surface area contributed by atoms with Gasteiger partial charge in [0.25, 0.3) is 0 Å². The molecule has 2 fully saturated rings. The molecule has 14 heteroatoms. The van der Waals surface area contributed by atoms with Crippen molar-refractivity contribution in [3.8, 4) is 0 Å². The molecule has 12 unspecified atom stereocenters. The topological polar surface area (TPSA) is 228 Å². The number of unbranched alkanes of at least 4 members (excludes halogenated alkanes) is 26. The van der Waals surface area contributed by atoms with Gasteiger partial charge < -0.3 is 65.1 Å². The smallest absolute Gasteiger partial charge is 0.220 e. The van der Waals surface area contributed by atoms with Crippen molar-refractivity contribution >= 4 is 5.91 Å². The van der Waals surface area contributed by atoms with Crippen molar-refractivity contribution in [2.24, 2.45) is 0 Å². The van der Waals surface area contributed by atoms with Crippen molar-refractivity contribution in [1.82, 2.24) is 5.32 Å². The Hall–Kier alpha value is -2.57. The van der Waals surface area contributed by atoms with Crippen LogP contribution in [0, 0.1) is 0 Å². The van der Waals surface area contributed by atoms with Crippen molar-refractivity contribution < 1.29 is 64.6 Å². The summed E-state index contributed by atoms with van der Waals surface area (Å²) in [6.07, 6.45) is 48.0. The first-order chi connectivity index (χ1) is 38.1. The van der Waals surface area contributed by atoms with Gasteiger partial charge in [-0.15, -0.1) is 0 Å². The molecule has 12 atom stereocenters. The van der Waals surface area contributed by atoms with Crippen LogP contribution in [0.1, 0.15) is 232 Å². The van der Waals surface area contributed by atoms with E-state index in [1.165, 1.54) is 122 Å². The summed E-state index contributed by atoms with van der Waals surface area (Å²) in [5, 5.41) is 87.1. The van der Waals surface area contributed by atoms with Gasteiger partial charge in [0.1, 0.15) is 48.8 Å². The lowest BCUT2D eigenvalue weighted by Gasteiger charge is -2.46. The molecule has 78 heavy (non-hydrogen) atoms. The minimum absolute atomic E-state index is 0.252. The molecular formula is C64H113NO13. The van der Waals surface area contributed by atoms with Gasteiger partial charge in [0.2, 0.25) is 5.91 Å². The predicted octanol–water partition coefficient (Wildman–Crippen LogP) is 11.1. The quantitative estimate of drug-likeness (QED) is 0.0204. The third-order valence-electron chi connectivity index (χ3n) is 14.8. The van der Waals surface area contributed by atoms with E-state index in [9.17, 15) is 45.6 Å². The first-order valence-electron chi connectivity index (χ1n) is 31.2. The maximum absolute atomic E-state index is 13.3. The van der Waals surface area contributed by atoms with Crippen LogP contribution in [0.4, 0.5) is 0 Å². The van der Waals surface area contributed by atoms with E-state index in [0.717, 1.165) is 77.0 Å².